The molecule has 0 amide bonds. The quantitative estimate of drug-likeness (QED) is 0.240. The molecule has 0 saturated heterocycles. The van der Waals surface area contributed by atoms with Crippen LogP contribution in [-0.2, 0) is 0 Å². The summed E-state index contributed by atoms with van der Waals surface area (Å²) >= 11 is 0. The van der Waals surface area contributed by atoms with Gasteiger partial charge in [-0.05, 0) is 25.0 Å². The molecule has 0 N–H and O–H groups in total. The fraction of sp³-hybridized carbons (Fsp3) is 0.727. The van der Waals surface area contributed by atoms with Crippen LogP contribution in [0.1, 0.15) is 65.2 Å². The van der Waals surface area contributed by atoms with E-state index in [4.69, 9.17) is 9.47 Å². The van der Waals surface area contributed by atoms with Crippen LogP contribution in [0.25, 0.3) is 0 Å². The van der Waals surface area contributed by atoms with E-state index in [-0.39, 0.29) is 0 Å². The van der Waals surface area contributed by atoms with Crippen LogP contribution in [-0.4, -0.2) is 21.3 Å². The second kappa shape index (κ2) is 13.3. The number of hydrogen-bond donors (Lipinski definition) is 0. The lowest BCUT2D eigenvalue weighted by atomic mass is 10.1. The first-order chi connectivity index (χ1) is 12.1. The smallest absolute Gasteiger partial charge is 0.161 e. The largest absolute Gasteiger partial charge is 0.490 e. The van der Waals surface area contributed by atoms with Crippen molar-refractivity contribution >= 4 is 8.07 Å². The van der Waals surface area contributed by atoms with Gasteiger partial charge in [-0.3, -0.25) is 0 Å². The van der Waals surface area contributed by atoms with E-state index in [0.717, 1.165) is 37.6 Å². The number of rotatable bonds is 15. The van der Waals surface area contributed by atoms with Crippen LogP contribution in [0.3, 0.4) is 0 Å². The third-order valence-corrected chi connectivity index (χ3v) is 8.69. The number of hydrogen-bond acceptors (Lipinski definition) is 2. The molecule has 0 aliphatic carbocycles. The summed E-state index contributed by atoms with van der Waals surface area (Å²) < 4.78 is 11.9. The number of para-hydroxylation sites is 2. The Labute approximate surface area is 157 Å². The summed E-state index contributed by atoms with van der Waals surface area (Å²) in [6.07, 6.45) is 10.2. The summed E-state index contributed by atoms with van der Waals surface area (Å²) in [6, 6.07) is 10.9. The minimum Gasteiger partial charge on any atom is -0.490 e. The Morgan fingerprint density at radius 1 is 0.720 bits per heavy atom. The molecule has 0 aliphatic rings. The standard InChI is InChI=1S/C22H40O2Si/c1-5-7-8-9-10-13-18-23-21-16-11-12-17-22(21)24-19-14-15-20-25(3,4)6-2/h11-12,16-17H,5-10,13-15,18-20H2,1-4H3. The lowest BCUT2D eigenvalue weighted by molar-refractivity contribution is 0.260. The summed E-state index contributed by atoms with van der Waals surface area (Å²) in [7, 11) is -0.932. The van der Waals surface area contributed by atoms with E-state index in [2.05, 4.69) is 26.9 Å². The maximum absolute atomic E-state index is 5.99. The third-order valence-electron chi connectivity index (χ3n) is 5.07. The highest BCUT2D eigenvalue weighted by atomic mass is 28.3. The first-order valence-corrected chi connectivity index (χ1v) is 13.8. The summed E-state index contributed by atoms with van der Waals surface area (Å²) in [5, 5.41) is 0. The molecule has 0 atom stereocenters. The second-order valence-electron chi connectivity index (χ2n) is 7.89. The molecule has 144 valence electrons. The van der Waals surface area contributed by atoms with Crippen molar-refractivity contribution in [2.45, 2.75) is 90.4 Å². The van der Waals surface area contributed by atoms with Crippen LogP contribution in [0.5, 0.6) is 11.5 Å². The van der Waals surface area contributed by atoms with Crippen molar-refractivity contribution in [2.24, 2.45) is 0 Å². The summed E-state index contributed by atoms with van der Waals surface area (Å²) in [6.45, 7) is 11.2. The molecule has 0 bridgehead atoms. The average Bonchev–Trinajstić information content (AvgIpc) is 2.61. The van der Waals surface area contributed by atoms with Crippen molar-refractivity contribution in [3.8, 4) is 11.5 Å². The number of benzene rings is 1. The molecular weight excluding hydrogens is 324 g/mol. The van der Waals surface area contributed by atoms with Gasteiger partial charge in [-0.25, -0.2) is 0 Å². The van der Waals surface area contributed by atoms with Crippen LogP contribution in [0.2, 0.25) is 25.2 Å². The first-order valence-electron chi connectivity index (χ1n) is 10.4. The van der Waals surface area contributed by atoms with Gasteiger partial charge in [-0.15, -0.1) is 0 Å². The van der Waals surface area contributed by atoms with E-state index in [9.17, 15) is 0 Å². The van der Waals surface area contributed by atoms with Gasteiger partial charge in [-0.2, -0.15) is 0 Å². The average molecular weight is 365 g/mol. The zero-order valence-corrected chi connectivity index (χ0v) is 18.1. The van der Waals surface area contributed by atoms with E-state index in [1.165, 1.54) is 50.6 Å². The van der Waals surface area contributed by atoms with Crippen LogP contribution in [0.15, 0.2) is 24.3 Å². The molecule has 1 rings (SSSR count). The Morgan fingerprint density at radius 2 is 1.24 bits per heavy atom. The predicted octanol–water partition coefficient (Wildman–Crippen LogP) is 7.31. The molecule has 2 nitrogen and oxygen atoms in total. The fourth-order valence-electron chi connectivity index (χ4n) is 2.82. The predicted molar refractivity (Wildman–Crippen MR) is 113 cm³/mol. The van der Waals surface area contributed by atoms with Gasteiger partial charge in [0, 0.05) is 8.07 Å². The van der Waals surface area contributed by atoms with Crippen molar-refractivity contribution in [1.82, 2.24) is 0 Å². The van der Waals surface area contributed by atoms with Gasteiger partial charge >= 0.3 is 0 Å². The van der Waals surface area contributed by atoms with Crippen LogP contribution in [0.4, 0.5) is 0 Å². The molecular formula is C22H40O2Si. The molecule has 0 saturated carbocycles. The Bertz CT molecular complexity index is 445. The first kappa shape index (κ1) is 22.1. The van der Waals surface area contributed by atoms with Crippen molar-refractivity contribution in [3.63, 3.8) is 0 Å². The van der Waals surface area contributed by atoms with Gasteiger partial charge < -0.3 is 9.47 Å². The zero-order chi connectivity index (χ0) is 18.4. The number of unbranched alkanes of at least 4 members (excludes halogenated alkanes) is 6. The van der Waals surface area contributed by atoms with Crippen LogP contribution in [0, 0.1) is 0 Å². The topological polar surface area (TPSA) is 18.5 Å². The Kier molecular flexibility index (Phi) is 11.7. The minimum absolute atomic E-state index is 0.794. The monoisotopic (exact) mass is 364 g/mol. The fourth-order valence-corrected chi connectivity index (χ4v) is 4.38. The molecule has 0 aliphatic heterocycles. The molecule has 1 aromatic rings. The summed E-state index contributed by atoms with van der Waals surface area (Å²) in [5.41, 5.74) is 0. The lowest BCUT2D eigenvalue weighted by Gasteiger charge is -2.19. The van der Waals surface area contributed by atoms with E-state index in [1.54, 1.807) is 0 Å². The van der Waals surface area contributed by atoms with Crippen molar-refractivity contribution in [3.05, 3.63) is 24.3 Å². The summed E-state index contributed by atoms with van der Waals surface area (Å²) in [5.74, 6) is 1.81. The molecule has 0 unspecified atom stereocenters. The normalized spacial score (nSPS) is 11.5. The SMILES string of the molecule is CCCCCCCCOc1ccccc1OCCCC[Si](C)(C)CC. The lowest BCUT2D eigenvalue weighted by Crippen LogP contribution is -2.23. The van der Waals surface area contributed by atoms with Gasteiger partial charge in [0.2, 0.25) is 0 Å². The highest BCUT2D eigenvalue weighted by molar-refractivity contribution is 6.77. The van der Waals surface area contributed by atoms with Gasteiger partial charge in [0.05, 0.1) is 13.2 Å². The van der Waals surface area contributed by atoms with Gasteiger partial charge in [0.1, 0.15) is 0 Å². The van der Waals surface area contributed by atoms with Gasteiger partial charge in [0.25, 0.3) is 0 Å². The Balaban J connectivity index is 2.22. The van der Waals surface area contributed by atoms with E-state index < -0.39 is 8.07 Å². The van der Waals surface area contributed by atoms with Crippen molar-refractivity contribution < 1.29 is 9.47 Å². The maximum Gasteiger partial charge on any atom is 0.161 e. The molecule has 0 spiro atoms. The van der Waals surface area contributed by atoms with Crippen molar-refractivity contribution in [1.29, 1.82) is 0 Å². The molecule has 3 heteroatoms. The molecule has 0 aromatic heterocycles. The van der Waals surface area contributed by atoms with Crippen molar-refractivity contribution in [2.75, 3.05) is 13.2 Å². The molecule has 0 radical (unpaired) electrons. The van der Waals surface area contributed by atoms with E-state index in [0.29, 0.717) is 0 Å². The molecule has 0 heterocycles. The highest BCUT2D eigenvalue weighted by Crippen LogP contribution is 2.27. The number of ether oxygens (including phenoxy) is 2. The zero-order valence-electron chi connectivity index (χ0n) is 17.1. The van der Waals surface area contributed by atoms with Crippen LogP contribution >= 0.6 is 0 Å². The maximum atomic E-state index is 5.99. The summed E-state index contributed by atoms with van der Waals surface area (Å²) in [4.78, 5) is 0. The van der Waals surface area contributed by atoms with Crippen LogP contribution < -0.4 is 9.47 Å². The molecule has 0 fully saturated rings. The van der Waals surface area contributed by atoms with E-state index >= 15 is 0 Å². The third kappa shape index (κ3) is 10.6. The van der Waals surface area contributed by atoms with Gasteiger partial charge in [0.15, 0.2) is 11.5 Å². The van der Waals surface area contributed by atoms with E-state index in [1.807, 2.05) is 24.3 Å². The minimum atomic E-state index is -0.932. The Hall–Kier alpha value is -0.963. The molecule has 1 aromatic carbocycles. The second-order valence-corrected chi connectivity index (χ2v) is 13.4. The van der Waals surface area contributed by atoms with Gasteiger partial charge in [-0.1, -0.05) is 89.7 Å². The molecule has 25 heavy (non-hydrogen) atoms. The Morgan fingerprint density at radius 3 is 1.80 bits per heavy atom. The highest BCUT2D eigenvalue weighted by Gasteiger charge is 2.16.